The van der Waals surface area contributed by atoms with Crippen LogP contribution in [0.5, 0.6) is 0 Å². The van der Waals surface area contributed by atoms with Crippen molar-refractivity contribution in [2.45, 2.75) is 25.8 Å². The second kappa shape index (κ2) is 9.43. The molecule has 0 aliphatic carbocycles. The highest BCUT2D eigenvalue weighted by Gasteiger charge is 2.16. The molecule has 0 saturated heterocycles. The summed E-state index contributed by atoms with van der Waals surface area (Å²) in [6, 6.07) is 16.3. The van der Waals surface area contributed by atoms with Crippen molar-refractivity contribution in [1.29, 1.82) is 5.26 Å². The Morgan fingerprint density at radius 3 is 3.00 bits per heavy atom. The van der Waals surface area contributed by atoms with Crippen molar-refractivity contribution in [3.8, 4) is 6.07 Å². The molecule has 0 unspecified atom stereocenters. The average Bonchev–Trinajstić information content (AvgIpc) is 3.25. The van der Waals surface area contributed by atoms with Gasteiger partial charge in [0.05, 0.1) is 11.6 Å². The predicted octanol–water partition coefficient (Wildman–Crippen LogP) is 4.01. The Labute approximate surface area is 177 Å². The van der Waals surface area contributed by atoms with Gasteiger partial charge in [-0.25, -0.2) is 0 Å². The lowest BCUT2D eigenvalue weighted by molar-refractivity contribution is -0.116. The van der Waals surface area contributed by atoms with E-state index < -0.39 is 0 Å². The molecule has 5 heteroatoms. The monoisotopic (exact) mass is 398 g/mol. The maximum Gasteiger partial charge on any atom is 0.243 e. The van der Waals surface area contributed by atoms with Crippen LogP contribution in [-0.4, -0.2) is 35.4 Å². The fourth-order valence-electron chi connectivity index (χ4n) is 3.95. The zero-order valence-corrected chi connectivity index (χ0v) is 17.0. The number of nitriles is 1. The van der Waals surface area contributed by atoms with E-state index in [1.54, 1.807) is 6.08 Å². The first-order chi connectivity index (χ1) is 14.7. The van der Waals surface area contributed by atoms with Gasteiger partial charge >= 0.3 is 0 Å². The number of carbonyl (C=O) groups excluding carboxylic acids is 1. The van der Waals surface area contributed by atoms with Crippen molar-refractivity contribution < 1.29 is 4.79 Å². The van der Waals surface area contributed by atoms with Gasteiger partial charge in [-0.15, -0.1) is 0 Å². The molecular weight excluding hydrogens is 372 g/mol. The summed E-state index contributed by atoms with van der Waals surface area (Å²) in [6.07, 6.45) is 8.39. The van der Waals surface area contributed by atoms with Gasteiger partial charge in [0.15, 0.2) is 0 Å². The van der Waals surface area contributed by atoms with Crippen molar-refractivity contribution in [3.63, 3.8) is 0 Å². The number of unbranched alkanes of at least 4 members (excludes halogenated alkanes) is 1. The highest BCUT2D eigenvalue weighted by molar-refractivity contribution is 5.92. The normalized spacial score (nSPS) is 14.0. The van der Waals surface area contributed by atoms with Gasteiger partial charge in [0.2, 0.25) is 5.91 Å². The third kappa shape index (κ3) is 4.97. The summed E-state index contributed by atoms with van der Waals surface area (Å²) in [5, 5.41) is 13.1. The van der Waals surface area contributed by atoms with Crippen molar-refractivity contribution in [2.24, 2.45) is 0 Å². The van der Waals surface area contributed by atoms with Gasteiger partial charge in [0, 0.05) is 37.4 Å². The van der Waals surface area contributed by atoms with Crippen molar-refractivity contribution in [3.05, 3.63) is 77.0 Å². The quantitative estimate of drug-likeness (QED) is 0.467. The molecule has 0 fully saturated rings. The maximum absolute atomic E-state index is 12.0. The number of carbonyl (C=O) groups is 1. The first kappa shape index (κ1) is 19.9. The molecular formula is C25H26N4O. The molecule has 0 saturated carbocycles. The Balaban J connectivity index is 1.15. The largest absolute Gasteiger partial charge is 0.361 e. The minimum absolute atomic E-state index is 0.0515. The number of hydrogen-bond acceptors (Lipinski definition) is 3. The van der Waals surface area contributed by atoms with E-state index in [1.807, 2.05) is 42.6 Å². The Kier molecular flexibility index (Phi) is 6.26. The van der Waals surface area contributed by atoms with Crippen molar-refractivity contribution in [1.82, 2.24) is 15.2 Å². The Morgan fingerprint density at radius 1 is 1.17 bits per heavy atom. The van der Waals surface area contributed by atoms with Crippen molar-refractivity contribution in [2.75, 3.05) is 19.6 Å². The van der Waals surface area contributed by atoms with Crippen LogP contribution in [0.1, 0.15) is 35.1 Å². The second-order valence-electron chi connectivity index (χ2n) is 7.78. The van der Waals surface area contributed by atoms with Crippen LogP contribution in [0.2, 0.25) is 0 Å². The standard InChI is InChI=1S/C25H26N4O/c26-17-20-3-6-23-18-29(14-10-21(23)16-20)13-2-1-11-28-25(30)8-5-19-4-7-24-22(15-19)9-12-27-24/h3-9,12,15-16,27H,1-2,10-11,13-14,18H2,(H,28,30). The lowest BCUT2D eigenvalue weighted by atomic mass is 9.97. The molecule has 152 valence electrons. The van der Waals surface area contributed by atoms with E-state index in [9.17, 15) is 4.79 Å². The summed E-state index contributed by atoms with van der Waals surface area (Å²) >= 11 is 0. The van der Waals surface area contributed by atoms with E-state index in [2.05, 4.69) is 33.4 Å². The third-order valence-corrected chi connectivity index (χ3v) is 5.63. The maximum atomic E-state index is 12.0. The highest BCUT2D eigenvalue weighted by atomic mass is 16.1. The lowest BCUT2D eigenvalue weighted by Crippen LogP contribution is -2.32. The number of aromatic nitrogens is 1. The molecule has 3 aromatic rings. The van der Waals surface area contributed by atoms with Crippen LogP contribution in [0.3, 0.4) is 0 Å². The zero-order chi connectivity index (χ0) is 20.8. The van der Waals surface area contributed by atoms with E-state index in [0.717, 1.165) is 60.9 Å². The van der Waals surface area contributed by atoms with Gasteiger partial charge in [0.25, 0.3) is 0 Å². The first-order valence-electron chi connectivity index (χ1n) is 10.5. The van der Waals surface area contributed by atoms with Gasteiger partial charge in [-0.3, -0.25) is 9.69 Å². The molecule has 0 atom stereocenters. The third-order valence-electron chi connectivity index (χ3n) is 5.63. The van der Waals surface area contributed by atoms with Crippen LogP contribution < -0.4 is 5.32 Å². The molecule has 1 aliphatic heterocycles. The molecule has 1 aliphatic rings. The Bertz CT molecular complexity index is 1110. The molecule has 4 rings (SSSR count). The molecule has 2 aromatic carbocycles. The van der Waals surface area contributed by atoms with Crippen LogP contribution in [-0.2, 0) is 17.8 Å². The number of fused-ring (bicyclic) bond motifs is 2. The van der Waals surface area contributed by atoms with E-state index in [4.69, 9.17) is 5.26 Å². The zero-order valence-electron chi connectivity index (χ0n) is 17.0. The summed E-state index contributed by atoms with van der Waals surface area (Å²) in [5.41, 5.74) is 5.50. The second-order valence-corrected chi connectivity index (χ2v) is 7.78. The minimum Gasteiger partial charge on any atom is -0.361 e. The van der Waals surface area contributed by atoms with Crippen molar-refractivity contribution >= 4 is 22.9 Å². The molecule has 0 spiro atoms. The van der Waals surface area contributed by atoms with E-state index in [1.165, 1.54) is 11.1 Å². The number of hydrogen-bond donors (Lipinski definition) is 2. The molecule has 5 nitrogen and oxygen atoms in total. The van der Waals surface area contributed by atoms with E-state index >= 15 is 0 Å². The van der Waals surface area contributed by atoms with Crippen LogP contribution in [0, 0.1) is 11.3 Å². The fourth-order valence-corrected chi connectivity index (χ4v) is 3.95. The van der Waals surface area contributed by atoms with Crippen LogP contribution >= 0.6 is 0 Å². The SMILES string of the molecule is N#Cc1ccc2c(c1)CCN(CCCCNC(=O)C=Cc1ccc3[nH]ccc3c1)C2. The molecule has 30 heavy (non-hydrogen) atoms. The molecule has 0 bridgehead atoms. The minimum atomic E-state index is -0.0515. The number of amides is 1. The van der Waals surface area contributed by atoms with Crippen LogP contribution in [0.15, 0.2) is 54.7 Å². The summed E-state index contributed by atoms with van der Waals surface area (Å²) in [4.78, 5) is 17.7. The highest BCUT2D eigenvalue weighted by Crippen LogP contribution is 2.20. The van der Waals surface area contributed by atoms with Gasteiger partial charge in [0.1, 0.15) is 0 Å². The Hall–Kier alpha value is -3.36. The van der Waals surface area contributed by atoms with E-state index in [-0.39, 0.29) is 5.91 Å². The number of H-pyrrole nitrogens is 1. The van der Waals surface area contributed by atoms with Gasteiger partial charge in [-0.2, -0.15) is 5.26 Å². The first-order valence-corrected chi connectivity index (χ1v) is 10.5. The van der Waals surface area contributed by atoms with Crippen LogP contribution in [0.4, 0.5) is 0 Å². The Morgan fingerprint density at radius 2 is 2.10 bits per heavy atom. The van der Waals surface area contributed by atoms with Crippen LogP contribution in [0.25, 0.3) is 17.0 Å². The molecule has 2 N–H and O–H groups in total. The summed E-state index contributed by atoms with van der Waals surface area (Å²) < 4.78 is 0. The summed E-state index contributed by atoms with van der Waals surface area (Å²) in [5.74, 6) is -0.0515. The topological polar surface area (TPSA) is 71.9 Å². The number of benzene rings is 2. The van der Waals surface area contributed by atoms with Gasteiger partial charge < -0.3 is 10.3 Å². The number of nitrogens with zero attached hydrogens (tertiary/aromatic N) is 2. The van der Waals surface area contributed by atoms with E-state index in [0.29, 0.717) is 6.54 Å². The summed E-state index contributed by atoms with van der Waals surface area (Å²) in [7, 11) is 0. The fraction of sp³-hybridized carbons (Fsp3) is 0.280. The average molecular weight is 399 g/mol. The van der Waals surface area contributed by atoms with Gasteiger partial charge in [-0.1, -0.05) is 12.1 Å². The summed E-state index contributed by atoms with van der Waals surface area (Å²) in [6.45, 7) is 3.70. The number of aromatic amines is 1. The lowest BCUT2D eigenvalue weighted by Gasteiger charge is -2.28. The predicted molar refractivity (Wildman–Crippen MR) is 120 cm³/mol. The number of rotatable bonds is 7. The molecule has 0 radical (unpaired) electrons. The smallest absolute Gasteiger partial charge is 0.243 e. The van der Waals surface area contributed by atoms with Gasteiger partial charge in [-0.05, 0) is 84.3 Å². The number of nitrogens with one attached hydrogen (secondary N) is 2. The molecule has 1 aromatic heterocycles. The molecule has 2 heterocycles. The molecule has 1 amide bonds.